The number of fused-ring (bicyclic) bond motifs is 1. The zero-order chi connectivity index (χ0) is 13.4. The fourth-order valence-electron chi connectivity index (χ4n) is 2.83. The van der Waals surface area contributed by atoms with Gasteiger partial charge in [0.1, 0.15) is 6.10 Å². The van der Waals surface area contributed by atoms with Gasteiger partial charge in [0.05, 0.1) is 0 Å². The van der Waals surface area contributed by atoms with Gasteiger partial charge in [-0.25, -0.2) is 0 Å². The largest absolute Gasteiger partial charge is 0.384 e. The fraction of sp³-hybridized carbons (Fsp3) is 0.294. The van der Waals surface area contributed by atoms with Crippen LogP contribution in [0.15, 0.2) is 42.5 Å². The molecule has 0 saturated carbocycles. The number of likely N-dealkylation sites (N-methyl/N-ethyl adjacent to an activating group) is 1. The number of benzene rings is 2. The Labute approximate surface area is 114 Å². The predicted octanol–water partition coefficient (Wildman–Crippen LogP) is 3.07. The topological polar surface area (TPSA) is 23.5 Å². The van der Waals surface area contributed by atoms with Crippen LogP contribution in [0.1, 0.15) is 28.4 Å². The van der Waals surface area contributed by atoms with Crippen molar-refractivity contribution in [2.75, 3.05) is 18.5 Å². The van der Waals surface area contributed by atoms with Crippen molar-refractivity contribution in [3.05, 3.63) is 64.7 Å². The van der Waals surface area contributed by atoms with Gasteiger partial charge in [0.15, 0.2) is 0 Å². The van der Waals surface area contributed by atoms with E-state index in [2.05, 4.69) is 24.1 Å². The second-order valence-electron chi connectivity index (χ2n) is 5.32. The molecule has 0 bridgehead atoms. The van der Waals surface area contributed by atoms with Crippen molar-refractivity contribution in [3.63, 3.8) is 0 Å². The number of hydrogen-bond donors (Lipinski definition) is 1. The van der Waals surface area contributed by atoms with E-state index < -0.39 is 6.10 Å². The van der Waals surface area contributed by atoms with Gasteiger partial charge in [-0.05, 0) is 41.7 Å². The number of anilines is 1. The van der Waals surface area contributed by atoms with Gasteiger partial charge in [-0.15, -0.1) is 0 Å². The Hall–Kier alpha value is -1.80. The minimum absolute atomic E-state index is 0.530. The normalized spacial score (nSPS) is 15.4. The highest BCUT2D eigenvalue weighted by molar-refractivity contribution is 5.59. The summed E-state index contributed by atoms with van der Waals surface area (Å²) in [5, 5.41) is 10.6. The Bertz CT molecular complexity index is 606. The molecular formula is C17H19NO. The third-order valence-corrected chi connectivity index (χ3v) is 4.03. The highest BCUT2D eigenvalue weighted by Gasteiger charge is 2.19. The maximum absolute atomic E-state index is 10.6. The van der Waals surface area contributed by atoms with Gasteiger partial charge < -0.3 is 10.0 Å². The summed E-state index contributed by atoms with van der Waals surface area (Å²) in [5.74, 6) is 0. The number of aliphatic hydroxyl groups is 1. The molecule has 0 aromatic heterocycles. The molecule has 0 amide bonds. The van der Waals surface area contributed by atoms with Gasteiger partial charge in [-0.3, -0.25) is 0 Å². The van der Waals surface area contributed by atoms with E-state index in [0.717, 1.165) is 29.7 Å². The SMILES string of the molecule is Cc1ccccc1C(O)c1ccc2c(c1)CCN2C. The first-order valence-corrected chi connectivity index (χ1v) is 6.74. The zero-order valence-corrected chi connectivity index (χ0v) is 11.4. The molecule has 0 saturated heterocycles. The first-order valence-electron chi connectivity index (χ1n) is 6.74. The molecule has 1 unspecified atom stereocenters. The summed E-state index contributed by atoms with van der Waals surface area (Å²) >= 11 is 0. The van der Waals surface area contributed by atoms with Crippen LogP contribution in [0, 0.1) is 6.92 Å². The van der Waals surface area contributed by atoms with Crippen LogP contribution in [0.4, 0.5) is 5.69 Å². The Morgan fingerprint density at radius 1 is 1.16 bits per heavy atom. The van der Waals surface area contributed by atoms with Crippen LogP contribution in [-0.2, 0) is 6.42 Å². The highest BCUT2D eigenvalue weighted by atomic mass is 16.3. The molecule has 1 heterocycles. The molecule has 2 heteroatoms. The Kier molecular flexibility index (Phi) is 3.03. The maximum Gasteiger partial charge on any atom is 0.104 e. The molecule has 0 aliphatic carbocycles. The number of hydrogen-bond acceptors (Lipinski definition) is 2. The summed E-state index contributed by atoms with van der Waals surface area (Å²) in [4.78, 5) is 2.26. The van der Waals surface area contributed by atoms with E-state index in [-0.39, 0.29) is 0 Å². The Balaban J connectivity index is 1.97. The number of rotatable bonds is 2. The average molecular weight is 253 g/mol. The molecule has 1 N–H and O–H groups in total. The molecule has 2 aromatic rings. The number of nitrogens with zero attached hydrogens (tertiary/aromatic N) is 1. The lowest BCUT2D eigenvalue weighted by molar-refractivity contribution is 0.219. The number of aliphatic hydroxyl groups excluding tert-OH is 1. The van der Waals surface area contributed by atoms with Gasteiger partial charge in [-0.2, -0.15) is 0 Å². The van der Waals surface area contributed by atoms with E-state index >= 15 is 0 Å². The zero-order valence-electron chi connectivity index (χ0n) is 11.4. The van der Waals surface area contributed by atoms with Gasteiger partial charge in [0.25, 0.3) is 0 Å². The smallest absolute Gasteiger partial charge is 0.104 e. The third kappa shape index (κ3) is 2.13. The van der Waals surface area contributed by atoms with E-state index in [1.807, 2.05) is 37.3 Å². The van der Waals surface area contributed by atoms with Crippen LogP contribution in [0.5, 0.6) is 0 Å². The van der Waals surface area contributed by atoms with Crippen LogP contribution in [-0.4, -0.2) is 18.7 Å². The molecule has 2 nitrogen and oxygen atoms in total. The highest BCUT2D eigenvalue weighted by Crippen LogP contribution is 2.32. The van der Waals surface area contributed by atoms with Crippen LogP contribution in [0.2, 0.25) is 0 Å². The molecule has 0 spiro atoms. The molecule has 2 aromatic carbocycles. The van der Waals surface area contributed by atoms with Crippen LogP contribution in [0.3, 0.4) is 0 Å². The average Bonchev–Trinajstić information content (AvgIpc) is 2.80. The van der Waals surface area contributed by atoms with Crippen molar-refractivity contribution in [1.29, 1.82) is 0 Å². The van der Waals surface area contributed by atoms with Crippen LogP contribution in [0.25, 0.3) is 0 Å². The summed E-state index contributed by atoms with van der Waals surface area (Å²) in [6.07, 6.45) is 0.539. The minimum atomic E-state index is -0.530. The van der Waals surface area contributed by atoms with Crippen molar-refractivity contribution < 1.29 is 5.11 Å². The van der Waals surface area contributed by atoms with Gasteiger partial charge >= 0.3 is 0 Å². The van der Waals surface area contributed by atoms with E-state index in [0.29, 0.717) is 0 Å². The lowest BCUT2D eigenvalue weighted by Gasteiger charge is -2.16. The molecule has 1 atom stereocenters. The van der Waals surface area contributed by atoms with E-state index in [4.69, 9.17) is 0 Å². The summed E-state index contributed by atoms with van der Waals surface area (Å²) < 4.78 is 0. The lowest BCUT2D eigenvalue weighted by atomic mass is 9.96. The van der Waals surface area contributed by atoms with E-state index in [1.54, 1.807) is 0 Å². The molecule has 3 rings (SSSR count). The summed E-state index contributed by atoms with van der Waals surface area (Å²) in [5.41, 5.74) is 5.75. The molecule has 98 valence electrons. The summed E-state index contributed by atoms with van der Waals surface area (Å²) in [6, 6.07) is 14.3. The first-order chi connectivity index (χ1) is 9.16. The minimum Gasteiger partial charge on any atom is -0.384 e. The molecule has 1 aliphatic heterocycles. The second-order valence-corrected chi connectivity index (χ2v) is 5.32. The molecule has 1 aliphatic rings. The van der Waals surface area contributed by atoms with Crippen LogP contribution < -0.4 is 4.90 Å². The molecule has 0 radical (unpaired) electrons. The van der Waals surface area contributed by atoms with Crippen molar-refractivity contribution in [2.24, 2.45) is 0 Å². The quantitative estimate of drug-likeness (QED) is 0.889. The van der Waals surface area contributed by atoms with Crippen LogP contribution >= 0.6 is 0 Å². The first kappa shape index (κ1) is 12.2. The molecule has 0 fully saturated rings. The van der Waals surface area contributed by atoms with Gasteiger partial charge in [0, 0.05) is 19.3 Å². The van der Waals surface area contributed by atoms with Crippen molar-refractivity contribution in [3.8, 4) is 0 Å². The standard InChI is InChI=1S/C17H19NO/c1-12-5-3-4-6-15(12)17(19)14-7-8-16-13(11-14)9-10-18(16)2/h3-8,11,17,19H,9-10H2,1-2H3. The van der Waals surface area contributed by atoms with Gasteiger partial charge in [0.2, 0.25) is 0 Å². The van der Waals surface area contributed by atoms with Crippen molar-refractivity contribution in [1.82, 2.24) is 0 Å². The third-order valence-electron chi connectivity index (χ3n) is 4.03. The second kappa shape index (κ2) is 4.71. The van der Waals surface area contributed by atoms with Crippen molar-refractivity contribution >= 4 is 5.69 Å². The van der Waals surface area contributed by atoms with Gasteiger partial charge in [-0.1, -0.05) is 36.4 Å². The molecule has 19 heavy (non-hydrogen) atoms. The fourth-order valence-corrected chi connectivity index (χ4v) is 2.83. The van der Waals surface area contributed by atoms with E-state index in [9.17, 15) is 5.11 Å². The predicted molar refractivity (Wildman–Crippen MR) is 78.7 cm³/mol. The Morgan fingerprint density at radius 2 is 1.95 bits per heavy atom. The monoisotopic (exact) mass is 253 g/mol. The Morgan fingerprint density at radius 3 is 2.74 bits per heavy atom. The lowest BCUT2D eigenvalue weighted by Crippen LogP contribution is -2.12. The van der Waals surface area contributed by atoms with E-state index in [1.165, 1.54) is 11.3 Å². The number of aryl methyl sites for hydroxylation is 1. The summed E-state index contributed by atoms with van der Waals surface area (Å²) in [7, 11) is 2.11. The maximum atomic E-state index is 10.6. The van der Waals surface area contributed by atoms with Crippen molar-refractivity contribution in [2.45, 2.75) is 19.4 Å². The summed E-state index contributed by atoms with van der Waals surface area (Å²) in [6.45, 7) is 3.11. The molecular weight excluding hydrogens is 234 g/mol.